The molecule has 0 fully saturated rings. The van der Waals surface area contributed by atoms with Crippen molar-refractivity contribution in [3.8, 4) is 0 Å². The van der Waals surface area contributed by atoms with E-state index in [9.17, 15) is 14.4 Å². The van der Waals surface area contributed by atoms with E-state index >= 15 is 0 Å². The first-order chi connectivity index (χ1) is 13.8. The maximum atomic E-state index is 12.2. The molecule has 2 atom stereocenters. The van der Waals surface area contributed by atoms with Crippen molar-refractivity contribution in [3.63, 3.8) is 0 Å². The van der Waals surface area contributed by atoms with Gasteiger partial charge in [-0.05, 0) is 49.6 Å². The number of rotatable bonds is 6. The number of hydrogen-bond donors (Lipinski definition) is 2. The van der Waals surface area contributed by atoms with Crippen LogP contribution in [0.5, 0.6) is 0 Å². The lowest BCUT2D eigenvalue weighted by atomic mass is 10.0. The van der Waals surface area contributed by atoms with E-state index in [0.717, 1.165) is 21.7 Å². The quantitative estimate of drug-likeness (QED) is 0.709. The number of thioether (sulfide) groups is 1. The number of benzene rings is 2. The molecule has 2 N–H and O–H groups in total. The molecule has 1 aliphatic rings. The van der Waals surface area contributed by atoms with Gasteiger partial charge in [0.15, 0.2) is 6.61 Å². The molecule has 2 aromatic rings. The number of esters is 1. The van der Waals surface area contributed by atoms with Gasteiger partial charge in [-0.1, -0.05) is 30.3 Å². The highest BCUT2D eigenvalue weighted by Crippen LogP contribution is 2.36. The molecule has 0 spiro atoms. The Balaban J connectivity index is 1.47. The van der Waals surface area contributed by atoms with E-state index in [1.165, 1.54) is 17.3 Å². The summed E-state index contributed by atoms with van der Waals surface area (Å²) in [6, 6.07) is 13.2. The molecule has 29 heavy (non-hydrogen) atoms. The second kappa shape index (κ2) is 9.13. The van der Waals surface area contributed by atoms with Gasteiger partial charge in [-0.3, -0.25) is 14.4 Å². The molecule has 1 heterocycles. The SMILES string of the molecule is Cc1ccc([C@@H](C)NC(=O)COC(=O)C[C@H]2Sc3ccccc3NC2=O)cc1C. The van der Waals surface area contributed by atoms with Crippen molar-refractivity contribution in [1.29, 1.82) is 0 Å². The normalized spacial score (nSPS) is 16.4. The first-order valence-electron chi connectivity index (χ1n) is 9.42. The Labute approximate surface area is 174 Å². The third kappa shape index (κ3) is 5.38. The van der Waals surface area contributed by atoms with Gasteiger partial charge in [0.2, 0.25) is 5.91 Å². The first-order valence-corrected chi connectivity index (χ1v) is 10.3. The smallest absolute Gasteiger partial charge is 0.307 e. The second-order valence-corrected chi connectivity index (χ2v) is 8.33. The predicted octanol–water partition coefficient (Wildman–Crippen LogP) is 3.53. The van der Waals surface area contributed by atoms with E-state index in [1.54, 1.807) is 0 Å². The zero-order valence-electron chi connectivity index (χ0n) is 16.7. The fourth-order valence-corrected chi connectivity index (χ4v) is 4.08. The highest BCUT2D eigenvalue weighted by Gasteiger charge is 2.29. The molecule has 0 unspecified atom stereocenters. The summed E-state index contributed by atoms with van der Waals surface area (Å²) in [6.07, 6.45) is -0.0924. The lowest BCUT2D eigenvalue weighted by Crippen LogP contribution is -2.34. The number of fused-ring (bicyclic) bond motifs is 1. The van der Waals surface area contributed by atoms with Crippen molar-refractivity contribution in [2.45, 2.75) is 43.4 Å². The maximum Gasteiger partial charge on any atom is 0.307 e. The highest BCUT2D eigenvalue weighted by atomic mass is 32.2. The van der Waals surface area contributed by atoms with Gasteiger partial charge in [0.05, 0.1) is 23.4 Å². The van der Waals surface area contributed by atoms with Crippen LogP contribution in [0.3, 0.4) is 0 Å². The van der Waals surface area contributed by atoms with Crippen molar-refractivity contribution < 1.29 is 19.1 Å². The summed E-state index contributed by atoms with van der Waals surface area (Å²) in [5, 5.41) is 5.03. The second-order valence-electron chi connectivity index (χ2n) is 7.09. The monoisotopic (exact) mass is 412 g/mol. The van der Waals surface area contributed by atoms with Gasteiger partial charge in [0, 0.05) is 4.90 Å². The summed E-state index contributed by atoms with van der Waals surface area (Å²) in [5.74, 6) is -1.19. The summed E-state index contributed by atoms with van der Waals surface area (Å²) in [5.41, 5.74) is 4.07. The molecule has 0 radical (unpaired) electrons. The number of carbonyl (C=O) groups is 3. The summed E-state index contributed by atoms with van der Waals surface area (Å²) >= 11 is 1.32. The molecule has 7 heteroatoms. The Morgan fingerprint density at radius 3 is 2.69 bits per heavy atom. The average molecular weight is 413 g/mol. The number of para-hydroxylation sites is 1. The minimum Gasteiger partial charge on any atom is -0.456 e. The summed E-state index contributed by atoms with van der Waals surface area (Å²) in [7, 11) is 0. The number of amides is 2. The van der Waals surface area contributed by atoms with Crippen molar-refractivity contribution >= 4 is 35.2 Å². The third-order valence-corrected chi connectivity index (χ3v) is 6.11. The molecule has 152 valence electrons. The van der Waals surface area contributed by atoms with Gasteiger partial charge < -0.3 is 15.4 Å². The standard InChI is InChI=1S/C22H24N2O4S/c1-13-8-9-16(10-14(13)2)15(3)23-20(25)12-28-21(26)11-19-22(27)24-17-6-4-5-7-18(17)29-19/h4-10,15,19H,11-12H2,1-3H3,(H,23,25)(H,24,27)/t15-,19-/m1/s1. The fourth-order valence-electron chi connectivity index (χ4n) is 2.98. The minimum absolute atomic E-state index is 0.0924. The molecule has 0 aliphatic carbocycles. The van der Waals surface area contributed by atoms with Crippen LogP contribution in [0.25, 0.3) is 0 Å². The molecule has 0 saturated heterocycles. The number of carbonyl (C=O) groups excluding carboxylic acids is 3. The van der Waals surface area contributed by atoms with Gasteiger partial charge in [0.25, 0.3) is 5.91 Å². The minimum atomic E-state index is -0.578. The van der Waals surface area contributed by atoms with Crippen molar-refractivity contribution in [2.24, 2.45) is 0 Å². The van der Waals surface area contributed by atoms with Crippen LogP contribution in [0.2, 0.25) is 0 Å². The van der Waals surface area contributed by atoms with E-state index in [4.69, 9.17) is 4.74 Å². The van der Waals surface area contributed by atoms with E-state index in [-0.39, 0.29) is 30.9 Å². The molecule has 2 amide bonds. The maximum absolute atomic E-state index is 12.2. The lowest BCUT2D eigenvalue weighted by Gasteiger charge is -2.23. The largest absolute Gasteiger partial charge is 0.456 e. The molecular formula is C22H24N2O4S. The number of aryl methyl sites for hydroxylation is 2. The third-order valence-electron chi connectivity index (χ3n) is 4.83. The van der Waals surface area contributed by atoms with Crippen LogP contribution >= 0.6 is 11.8 Å². The van der Waals surface area contributed by atoms with Crippen LogP contribution in [-0.4, -0.2) is 29.6 Å². The van der Waals surface area contributed by atoms with Crippen molar-refractivity contribution in [1.82, 2.24) is 5.32 Å². The fraction of sp³-hybridized carbons (Fsp3) is 0.318. The van der Waals surface area contributed by atoms with Crippen LogP contribution in [0, 0.1) is 13.8 Å². The van der Waals surface area contributed by atoms with Gasteiger partial charge in [-0.2, -0.15) is 0 Å². The Morgan fingerprint density at radius 1 is 1.17 bits per heavy atom. The van der Waals surface area contributed by atoms with Crippen LogP contribution in [0.4, 0.5) is 5.69 Å². The zero-order chi connectivity index (χ0) is 21.0. The Morgan fingerprint density at radius 2 is 1.93 bits per heavy atom. The van der Waals surface area contributed by atoms with E-state index in [1.807, 2.05) is 63.2 Å². The summed E-state index contributed by atoms with van der Waals surface area (Å²) in [4.78, 5) is 37.3. The van der Waals surface area contributed by atoms with Crippen LogP contribution in [0.1, 0.15) is 36.1 Å². The van der Waals surface area contributed by atoms with E-state index in [2.05, 4.69) is 10.6 Å². The molecule has 0 saturated carbocycles. The van der Waals surface area contributed by atoms with Crippen molar-refractivity contribution in [2.75, 3.05) is 11.9 Å². The Bertz CT molecular complexity index is 944. The Kier molecular flexibility index (Phi) is 6.59. The van der Waals surface area contributed by atoms with Crippen LogP contribution < -0.4 is 10.6 Å². The number of ether oxygens (including phenoxy) is 1. The molecule has 3 rings (SSSR count). The van der Waals surface area contributed by atoms with Crippen LogP contribution in [0.15, 0.2) is 47.4 Å². The number of hydrogen-bond acceptors (Lipinski definition) is 5. The van der Waals surface area contributed by atoms with Crippen molar-refractivity contribution in [3.05, 3.63) is 59.2 Å². The average Bonchev–Trinajstić information content (AvgIpc) is 2.69. The van der Waals surface area contributed by atoms with Gasteiger partial charge >= 0.3 is 5.97 Å². The molecule has 0 aromatic heterocycles. The highest BCUT2D eigenvalue weighted by molar-refractivity contribution is 8.01. The Hall–Kier alpha value is -2.80. The van der Waals surface area contributed by atoms with Gasteiger partial charge in [0.1, 0.15) is 0 Å². The molecule has 0 bridgehead atoms. The predicted molar refractivity (Wildman–Crippen MR) is 113 cm³/mol. The molecular weight excluding hydrogens is 388 g/mol. The zero-order valence-corrected chi connectivity index (χ0v) is 17.5. The van der Waals surface area contributed by atoms with Gasteiger partial charge in [-0.15, -0.1) is 11.8 Å². The van der Waals surface area contributed by atoms with E-state index in [0.29, 0.717) is 0 Å². The lowest BCUT2D eigenvalue weighted by molar-refractivity contribution is -0.149. The number of anilines is 1. The summed E-state index contributed by atoms with van der Waals surface area (Å²) in [6.45, 7) is 5.56. The first kappa shape index (κ1) is 20.9. The van der Waals surface area contributed by atoms with E-state index < -0.39 is 11.2 Å². The summed E-state index contributed by atoms with van der Waals surface area (Å²) < 4.78 is 5.08. The van der Waals surface area contributed by atoms with Gasteiger partial charge in [-0.25, -0.2) is 0 Å². The molecule has 6 nitrogen and oxygen atoms in total. The molecule has 2 aromatic carbocycles. The number of nitrogens with one attached hydrogen (secondary N) is 2. The topological polar surface area (TPSA) is 84.5 Å². The molecule has 1 aliphatic heterocycles. The van der Waals surface area contributed by atoms with Crippen LogP contribution in [-0.2, 0) is 19.1 Å².